The summed E-state index contributed by atoms with van der Waals surface area (Å²) >= 11 is 0. The number of aliphatic carboxylic acids is 1. The van der Waals surface area contributed by atoms with Gasteiger partial charge in [-0.1, -0.05) is 18.2 Å². The third-order valence-electron chi connectivity index (χ3n) is 3.11. The molecule has 0 aromatic heterocycles. The summed E-state index contributed by atoms with van der Waals surface area (Å²) in [5.41, 5.74) is 0.415. The Morgan fingerprint density at radius 3 is 2.73 bits per heavy atom. The van der Waals surface area contributed by atoms with E-state index in [9.17, 15) is 9.18 Å². The number of carboxylic acid groups (broad SMARTS) is 1. The summed E-state index contributed by atoms with van der Waals surface area (Å²) in [7, 11) is 0. The first-order valence-electron chi connectivity index (χ1n) is 5.02. The topological polar surface area (TPSA) is 37.3 Å². The van der Waals surface area contributed by atoms with Crippen LogP contribution in [0.4, 0.5) is 4.39 Å². The van der Waals surface area contributed by atoms with Crippen LogP contribution in [0, 0.1) is 18.2 Å². The average Bonchev–Trinajstić information content (AvgIpc) is 2.94. The fourth-order valence-electron chi connectivity index (χ4n) is 1.83. The Kier molecular flexibility index (Phi) is 2.25. The number of carbonyl (C=O) groups is 1. The molecule has 80 valence electrons. The molecular formula is C12H13FO2. The van der Waals surface area contributed by atoms with Gasteiger partial charge in [-0.3, -0.25) is 4.79 Å². The summed E-state index contributed by atoms with van der Waals surface area (Å²) in [5, 5.41) is 9.00. The van der Waals surface area contributed by atoms with Crippen molar-refractivity contribution < 1.29 is 14.3 Å². The van der Waals surface area contributed by atoms with Gasteiger partial charge >= 0.3 is 5.97 Å². The van der Waals surface area contributed by atoms with E-state index in [2.05, 4.69) is 0 Å². The first-order chi connectivity index (χ1) is 7.05. The van der Waals surface area contributed by atoms with E-state index >= 15 is 0 Å². The van der Waals surface area contributed by atoms with Crippen LogP contribution < -0.4 is 0 Å². The molecule has 1 aliphatic carbocycles. The second kappa shape index (κ2) is 3.33. The fraction of sp³-hybridized carbons (Fsp3) is 0.417. The summed E-state index contributed by atoms with van der Waals surface area (Å²) in [5.74, 6) is -1.06. The standard InChI is InChI=1S/C12H13FO2/c1-8-3-2-4-9(10(8)13)7-12(5-6-12)11(14)15/h2-4H,5-7H2,1H3,(H,14,15). The molecule has 1 aliphatic rings. The number of hydrogen-bond donors (Lipinski definition) is 1. The lowest BCUT2D eigenvalue weighted by Crippen LogP contribution is -2.18. The third kappa shape index (κ3) is 1.74. The van der Waals surface area contributed by atoms with Crippen LogP contribution in [-0.2, 0) is 11.2 Å². The summed E-state index contributed by atoms with van der Waals surface area (Å²) < 4.78 is 13.6. The molecule has 0 heterocycles. The number of hydrogen-bond acceptors (Lipinski definition) is 1. The van der Waals surface area contributed by atoms with Crippen LogP contribution in [-0.4, -0.2) is 11.1 Å². The van der Waals surface area contributed by atoms with Gasteiger partial charge < -0.3 is 5.11 Å². The Bertz CT molecular complexity index is 408. The second-order valence-corrected chi connectivity index (χ2v) is 4.31. The predicted octanol–water partition coefficient (Wildman–Crippen LogP) is 2.54. The van der Waals surface area contributed by atoms with Crippen LogP contribution in [0.1, 0.15) is 24.0 Å². The molecule has 1 fully saturated rings. The van der Waals surface area contributed by atoms with Gasteiger partial charge in [-0.05, 0) is 37.3 Å². The highest BCUT2D eigenvalue weighted by molar-refractivity contribution is 5.78. The summed E-state index contributed by atoms with van der Waals surface area (Å²) in [6.45, 7) is 1.69. The molecule has 15 heavy (non-hydrogen) atoms. The van der Waals surface area contributed by atoms with Crippen molar-refractivity contribution in [3.8, 4) is 0 Å². The number of benzene rings is 1. The van der Waals surface area contributed by atoms with Crippen molar-refractivity contribution in [1.82, 2.24) is 0 Å². The molecule has 3 heteroatoms. The number of aryl methyl sites for hydroxylation is 1. The minimum Gasteiger partial charge on any atom is -0.481 e. The molecule has 0 radical (unpaired) electrons. The molecule has 1 N–H and O–H groups in total. The molecule has 0 atom stereocenters. The Morgan fingerprint density at radius 2 is 2.20 bits per heavy atom. The van der Waals surface area contributed by atoms with E-state index in [1.165, 1.54) is 0 Å². The van der Waals surface area contributed by atoms with Crippen molar-refractivity contribution in [3.05, 3.63) is 35.1 Å². The number of carboxylic acids is 1. The van der Waals surface area contributed by atoms with Crippen LogP contribution in [0.15, 0.2) is 18.2 Å². The van der Waals surface area contributed by atoms with Gasteiger partial charge in [0, 0.05) is 0 Å². The van der Waals surface area contributed by atoms with Crippen molar-refractivity contribution in [2.75, 3.05) is 0 Å². The molecule has 0 aliphatic heterocycles. The van der Waals surface area contributed by atoms with Gasteiger partial charge in [0.2, 0.25) is 0 Å². The van der Waals surface area contributed by atoms with Crippen molar-refractivity contribution in [2.45, 2.75) is 26.2 Å². The summed E-state index contributed by atoms with van der Waals surface area (Å²) in [6.07, 6.45) is 1.64. The molecule has 0 saturated heterocycles. The van der Waals surface area contributed by atoms with E-state index in [0.717, 1.165) is 0 Å². The van der Waals surface area contributed by atoms with Gasteiger partial charge in [-0.2, -0.15) is 0 Å². The van der Waals surface area contributed by atoms with Crippen molar-refractivity contribution in [3.63, 3.8) is 0 Å². The Balaban J connectivity index is 2.25. The van der Waals surface area contributed by atoms with Gasteiger partial charge in [0.15, 0.2) is 0 Å². The van der Waals surface area contributed by atoms with Gasteiger partial charge in [0.25, 0.3) is 0 Å². The lowest BCUT2D eigenvalue weighted by molar-refractivity contribution is -0.143. The largest absolute Gasteiger partial charge is 0.481 e. The summed E-state index contributed by atoms with van der Waals surface area (Å²) in [4.78, 5) is 11.0. The van der Waals surface area contributed by atoms with Gasteiger partial charge in [0.05, 0.1) is 5.41 Å². The van der Waals surface area contributed by atoms with Crippen LogP contribution >= 0.6 is 0 Å². The highest BCUT2D eigenvalue weighted by Crippen LogP contribution is 2.48. The van der Waals surface area contributed by atoms with E-state index in [4.69, 9.17) is 5.11 Å². The third-order valence-corrected chi connectivity index (χ3v) is 3.11. The maximum absolute atomic E-state index is 13.6. The Labute approximate surface area is 87.7 Å². The van der Waals surface area contributed by atoms with Crippen molar-refractivity contribution >= 4 is 5.97 Å². The molecule has 1 aromatic carbocycles. The SMILES string of the molecule is Cc1cccc(CC2(C(=O)O)CC2)c1F. The fourth-order valence-corrected chi connectivity index (χ4v) is 1.83. The first-order valence-corrected chi connectivity index (χ1v) is 5.02. The zero-order valence-corrected chi connectivity index (χ0v) is 8.59. The van der Waals surface area contributed by atoms with Gasteiger partial charge in [-0.25, -0.2) is 4.39 Å². The van der Waals surface area contributed by atoms with E-state index in [-0.39, 0.29) is 5.82 Å². The van der Waals surface area contributed by atoms with Gasteiger partial charge in [0.1, 0.15) is 5.82 Å². The van der Waals surface area contributed by atoms with Gasteiger partial charge in [-0.15, -0.1) is 0 Å². The van der Waals surface area contributed by atoms with Crippen LogP contribution in [0.25, 0.3) is 0 Å². The predicted molar refractivity (Wildman–Crippen MR) is 54.1 cm³/mol. The van der Waals surface area contributed by atoms with E-state index in [0.29, 0.717) is 30.4 Å². The minimum atomic E-state index is -0.802. The average molecular weight is 208 g/mol. The lowest BCUT2D eigenvalue weighted by atomic mass is 9.95. The smallest absolute Gasteiger partial charge is 0.309 e. The van der Waals surface area contributed by atoms with Crippen LogP contribution in [0.3, 0.4) is 0 Å². The van der Waals surface area contributed by atoms with E-state index < -0.39 is 11.4 Å². The molecule has 1 aromatic rings. The molecule has 2 nitrogen and oxygen atoms in total. The molecule has 0 spiro atoms. The molecule has 0 bridgehead atoms. The quantitative estimate of drug-likeness (QED) is 0.828. The molecule has 2 rings (SSSR count). The highest BCUT2D eigenvalue weighted by atomic mass is 19.1. The Morgan fingerprint density at radius 1 is 1.53 bits per heavy atom. The zero-order valence-electron chi connectivity index (χ0n) is 8.59. The number of rotatable bonds is 3. The molecule has 0 amide bonds. The van der Waals surface area contributed by atoms with Crippen molar-refractivity contribution in [2.24, 2.45) is 5.41 Å². The Hall–Kier alpha value is -1.38. The lowest BCUT2D eigenvalue weighted by Gasteiger charge is -2.11. The molecular weight excluding hydrogens is 195 g/mol. The minimum absolute atomic E-state index is 0.259. The van der Waals surface area contributed by atoms with Crippen molar-refractivity contribution in [1.29, 1.82) is 0 Å². The molecule has 0 unspecified atom stereocenters. The summed E-state index contributed by atoms with van der Waals surface area (Å²) in [6, 6.07) is 5.14. The maximum atomic E-state index is 13.6. The highest BCUT2D eigenvalue weighted by Gasteiger charge is 2.50. The maximum Gasteiger partial charge on any atom is 0.309 e. The monoisotopic (exact) mass is 208 g/mol. The number of halogens is 1. The normalized spacial score (nSPS) is 17.5. The zero-order chi connectivity index (χ0) is 11.1. The van der Waals surface area contributed by atoms with E-state index in [1.807, 2.05) is 0 Å². The van der Waals surface area contributed by atoms with Crippen LogP contribution in [0.2, 0.25) is 0 Å². The van der Waals surface area contributed by atoms with Crippen LogP contribution in [0.5, 0.6) is 0 Å². The second-order valence-electron chi connectivity index (χ2n) is 4.31. The van der Waals surface area contributed by atoms with E-state index in [1.54, 1.807) is 25.1 Å². The molecule has 1 saturated carbocycles. The first kappa shape index (κ1) is 10.1.